The molecule has 1 saturated carbocycles. The lowest BCUT2D eigenvalue weighted by molar-refractivity contribution is -0.122. The molecule has 6 nitrogen and oxygen atoms in total. The van der Waals surface area contributed by atoms with Crippen molar-refractivity contribution in [3.63, 3.8) is 0 Å². The minimum atomic E-state index is 0. The van der Waals surface area contributed by atoms with Crippen molar-refractivity contribution in [2.24, 2.45) is 22.2 Å². The number of guanidine groups is 1. The molecule has 3 N–H and O–H groups in total. The summed E-state index contributed by atoms with van der Waals surface area (Å²) in [4.78, 5) is 16.4. The van der Waals surface area contributed by atoms with Crippen LogP contribution in [-0.4, -0.2) is 50.8 Å². The maximum Gasteiger partial charge on any atom is 0.223 e. The lowest BCUT2D eigenvalue weighted by Gasteiger charge is -2.39. The number of hydrogen-bond donors (Lipinski definition) is 3. The summed E-state index contributed by atoms with van der Waals surface area (Å²) in [5.41, 5.74) is 0.138. The van der Waals surface area contributed by atoms with Gasteiger partial charge in [-0.3, -0.25) is 9.79 Å². The third kappa shape index (κ3) is 7.98. The van der Waals surface area contributed by atoms with Crippen LogP contribution in [0.4, 0.5) is 0 Å². The van der Waals surface area contributed by atoms with Crippen LogP contribution >= 0.6 is 24.0 Å². The van der Waals surface area contributed by atoms with Gasteiger partial charge in [0.2, 0.25) is 5.91 Å². The Morgan fingerprint density at radius 3 is 2.42 bits per heavy atom. The van der Waals surface area contributed by atoms with E-state index in [1.807, 2.05) is 0 Å². The fourth-order valence-electron chi connectivity index (χ4n) is 3.39. The maximum atomic E-state index is 11.6. The van der Waals surface area contributed by atoms with Crippen molar-refractivity contribution in [2.45, 2.75) is 59.5 Å². The highest BCUT2D eigenvalue weighted by Gasteiger charge is 2.35. The van der Waals surface area contributed by atoms with Crippen LogP contribution in [0, 0.1) is 17.3 Å². The van der Waals surface area contributed by atoms with Crippen LogP contribution in [0.2, 0.25) is 0 Å². The fourth-order valence-corrected chi connectivity index (χ4v) is 3.39. The first kappa shape index (κ1) is 23.5. The third-order valence-corrected chi connectivity index (χ3v) is 4.79. The molecule has 26 heavy (non-hydrogen) atoms. The molecule has 2 rings (SSSR count). The zero-order valence-corrected chi connectivity index (χ0v) is 19.1. The van der Waals surface area contributed by atoms with Gasteiger partial charge in [0, 0.05) is 44.6 Å². The Morgan fingerprint density at radius 2 is 1.81 bits per heavy atom. The Kier molecular flexibility index (Phi) is 10.2. The van der Waals surface area contributed by atoms with E-state index in [-0.39, 0.29) is 47.3 Å². The third-order valence-electron chi connectivity index (χ3n) is 4.79. The van der Waals surface area contributed by atoms with Gasteiger partial charge in [-0.25, -0.2) is 0 Å². The zero-order chi connectivity index (χ0) is 18.3. The predicted molar refractivity (Wildman–Crippen MR) is 117 cm³/mol. The lowest BCUT2D eigenvalue weighted by atomic mass is 9.78. The number of aliphatic imine (C=N–C) groups is 1. The van der Waals surface area contributed by atoms with Gasteiger partial charge in [-0.05, 0) is 38.0 Å². The van der Waals surface area contributed by atoms with Gasteiger partial charge >= 0.3 is 0 Å². The molecule has 0 aromatic carbocycles. The standard InChI is InChI=1S/C19H36N4O2.HI/c1-5-20-18(22-11-10-21-17(24)14-8-9-14)23-13-15-7-6-12-25-16(15)19(2,3)4;/h14-16H,5-13H2,1-4H3,(H,21,24)(H2,20,22,23);1H. The van der Waals surface area contributed by atoms with Crippen LogP contribution < -0.4 is 16.0 Å². The maximum absolute atomic E-state index is 11.6. The van der Waals surface area contributed by atoms with E-state index < -0.39 is 0 Å². The molecule has 2 unspecified atom stereocenters. The fraction of sp³-hybridized carbons (Fsp3) is 0.895. The molecule has 1 aliphatic carbocycles. The summed E-state index contributed by atoms with van der Waals surface area (Å²) in [6, 6.07) is 0. The lowest BCUT2D eigenvalue weighted by Crippen LogP contribution is -2.44. The number of ether oxygens (including phenoxy) is 1. The van der Waals surface area contributed by atoms with Gasteiger partial charge in [-0.2, -0.15) is 0 Å². The van der Waals surface area contributed by atoms with Crippen LogP contribution in [0.25, 0.3) is 0 Å². The van der Waals surface area contributed by atoms with E-state index in [9.17, 15) is 4.79 Å². The van der Waals surface area contributed by atoms with E-state index in [4.69, 9.17) is 9.73 Å². The van der Waals surface area contributed by atoms with Crippen molar-refractivity contribution in [1.82, 2.24) is 16.0 Å². The average Bonchev–Trinajstić information content (AvgIpc) is 3.40. The summed E-state index contributed by atoms with van der Waals surface area (Å²) in [6.45, 7) is 12.6. The first-order valence-corrected chi connectivity index (χ1v) is 9.83. The van der Waals surface area contributed by atoms with E-state index in [1.165, 1.54) is 6.42 Å². The zero-order valence-electron chi connectivity index (χ0n) is 16.8. The van der Waals surface area contributed by atoms with E-state index in [0.29, 0.717) is 19.0 Å². The van der Waals surface area contributed by atoms with Gasteiger partial charge in [0.15, 0.2) is 5.96 Å². The summed E-state index contributed by atoms with van der Waals surface area (Å²) in [7, 11) is 0. The van der Waals surface area contributed by atoms with Crippen LogP contribution in [0.5, 0.6) is 0 Å². The van der Waals surface area contributed by atoms with E-state index >= 15 is 0 Å². The molecule has 2 fully saturated rings. The SMILES string of the molecule is CCNC(=NCC1CCCOC1C(C)(C)C)NCCNC(=O)C1CC1.I. The van der Waals surface area contributed by atoms with Crippen LogP contribution in [0.15, 0.2) is 4.99 Å². The van der Waals surface area contributed by atoms with Crippen molar-refractivity contribution in [1.29, 1.82) is 0 Å². The summed E-state index contributed by atoms with van der Waals surface area (Å²) in [6.07, 6.45) is 4.63. The molecule has 0 spiro atoms. The molecular formula is C19H37IN4O2. The molecule has 1 aliphatic heterocycles. The second kappa shape index (κ2) is 11.3. The Morgan fingerprint density at radius 1 is 1.12 bits per heavy atom. The molecule has 2 aliphatic rings. The van der Waals surface area contributed by atoms with Crippen molar-refractivity contribution in [2.75, 3.05) is 32.8 Å². The number of hydrogen-bond acceptors (Lipinski definition) is 3. The smallest absolute Gasteiger partial charge is 0.223 e. The van der Waals surface area contributed by atoms with Crippen LogP contribution in [0.3, 0.4) is 0 Å². The Balaban J connectivity index is 0.00000338. The number of halogens is 1. The topological polar surface area (TPSA) is 74.8 Å². The minimum Gasteiger partial charge on any atom is -0.377 e. The second-order valence-electron chi connectivity index (χ2n) is 8.27. The largest absolute Gasteiger partial charge is 0.377 e. The first-order chi connectivity index (χ1) is 11.9. The van der Waals surface area contributed by atoms with Crippen molar-refractivity contribution in [3.05, 3.63) is 0 Å². The van der Waals surface area contributed by atoms with Crippen LogP contribution in [0.1, 0.15) is 53.4 Å². The first-order valence-electron chi connectivity index (χ1n) is 9.83. The number of carbonyl (C=O) groups excluding carboxylic acids is 1. The Bertz CT molecular complexity index is 461. The summed E-state index contributed by atoms with van der Waals surface area (Å²) >= 11 is 0. The van der Waals surface area contributed by atoms with Gasteiger partial charge in [-0.1, -0.05) is 20.8 Å². The molecule has 0 bridgehead atoms. The van der Waals surface area contributed by atoms with Crippen molar-refractivity contribution in [3.8, 4) is 0 Å². The predicted octanol–water partition coefficient (Wildman–Crippen LogP) is 2.53. The number of carbonyl (C=O) groups is 1. The molecular weight excluding hydrogens is 443 g/mol. The molecule has 1 amide bonds. The Labute approximate surface area is 175 Å². The number of rotatable bonds is 7. The van der Waals surface area contributed by atoms with E-state index in [0.717, 1.165) is 44.9 Å². The van der Waals surface area contributed by atoms with E-state index in [1.54, 1.807) is 0 Å². The van der Waals surface area contributed by atoms with Crippen molar-refractivity contribution < 1.29 is 9.53 Å². The molecule has 1 saturated heterocycles. The number of nitrogens with zero attached hydrogens (tertiary/aromatic N) is 1. The highest BCUT2D eigenvalue weighted by Crippen LogP contribution is 2.34. The summed E-state index contributed by atoms with van der Waals surface area (Å²) in [5, 5.41) is 9.57. The monoisotopic (exact) mass is 480 g/mol. The minimum absolute atomic E-state index is 0. The molecule has 0 aromatic rings. The van der Waals surface area contributed by atoms with Crippen LogP contribution in [-0.2, 0) is 9.53 Å². The molecule has 0 radical (unpaired) electrons. The quantitative estimate of drug-likeness (QED) is 0.227. The molecule has 152 valence electrons. The molecule has 0 aromatic heterocycles. The highest BCUT2D eigenvalue weighted by molar-refractivity contribution is 14.0. The normalized spacial score (nSPS) is 23.8. The van der Waals surface area contributed by atoms with E-state index in [2.05, 4.69) is 43.6 Å². The van der Waals surface area contributed by atoms with Crippen molar-refractivity contribution >= 4 is 35.8 Å². The molecule has 7 heteroatoms. The van der Waals surface area contributed by atoms with Gasteiger partial charge in [-0.15, -0.1) is 24.0 Å². The second-order valence-corrected chi connectivity index (χ2v) is 8.27. The molecule has 1 heterocycles. The summed E-state index contributed by atoms with van der Waals surface area (Å²) in [5.74, 6) is 1.74. The number of nitrogens with one attached hydrogen (secondary N) is 3. The Hall–Kier alpha value is -0.570. The molecule has 2 atom stereocenters. The van der Waals surface area contributed by atoms with Gasteiger partial charge < -0.3 is 20.7 Å². The number of amides is 1. The highest BCUT2D eigenvalue weighted by atomic mass is 127. The average molecular weight is 480 g/mol. The van der Waals surface area contributed by atoms with Gasteiger partial charge in [0.05, 0.1) is 6.10 Å². The van der Waals surface area contributed by atoms with Gasteiger partial charge in [0.1, 0.15) is 0 Å². The summed E-state index contributed by atoms with van der Waals surface area (Å²) < 4.78 is 6.04. The van der Waals surface area contributed by atoms with Gasteiger partial charge in [0.25, 0.3) is 0 Å².